The van der Waals surface area contributed by atoms with Crippen molar-refractivity contribution >= 4 is 11.0 Å². The fourth-order valence-electron chi connectivity index (χ4n) is 4.49. The highest BCUT2D eigenvalue weighted by molar-refractivity contribution is 5.76. The van der Waals surface area contributed by atoms with E-state index in [1.54, 1.807) is 0 Å². The maximum Gasteiger partial charge on any atom is 0.122 e. The molecule has 3 aromatic carbocycles. The summed E-state index contributed by atoms with van der Waals surface area (Å²) in [5.74, 6) is 3.01. The van der Waals surface area contributed by atoms with E-state index in [1.165, 1.54) is 27.8 Å². The van der Waals surface area contributed by atoms with Crippen molar-refractivity contribution in [2.75, 3.05) is 6.61 Å². The van der Waals surface area contributed by atoms with Crippen molar-refractivity contribution in [2.45, 2.75) is 59.9 Å². The molecule has 1 atom stereocenters. The number of para-hydroxylation sites is 2. The van der Waals surface area contributed by atoms with Crippen molar-refractivity contribution in [3.8, 4) is 5.75 Å². The van der Waals surface area contributed by atoms with E-state index in [2.05, 4.69) is 106 Å². The molecule has 33 heavy (non-hydrogen) atoms. The normalized spacial score (nSPS) is 12.4. The maximum absolute atomic E-state index is 6.12. The van der Waals surface area contributed by atoms with Gasteiger partial charge in [-0.05, 0) is 73.1 Å². The summed E-state index contributed by atoms with van der Waals surface area (Å²) in [5, 5.41) is 0. The molecule has 4 rings (SSSR count). The highest BCUT2D eigenvalue weighted by atomic mass is 16.5. The molecule has 0 fully saturated rings. The lowest BCUT2D eigenvalue weighted by Gasteiger charge is -2.16. The predicted octanol–water partition coefficient (Wildman–Crippen LogP) is 7.47. The molecule has 0 bridgehead atoms. The first-order valence-corrected chi connectivity index (χ1v) is 12.2. The number of rotatable bonds is 9. The summed E-state index contributed by atoms with van der Waals surface area (Å²) >= 11 is 0. The summed E-state index contributed by atoms with van der Waals surface area (Å²) in [4.78, 5) is 5.04. The molecule has 1 heterocycles. The fourth-order valence-corrected chi connectivity index (χ4v) is 4.49. The van der Waals surface area contributed by atoms with Crippen molar-refractivity contribution in [2.24, 2.45) is 5.92 Å². The molecule has 0 aliphatic carbocycles. The zero-order valence-electron chi connectivity index (χ0n) is 20.6. The molecule has 0 aliphatic rings. The van der Waals surface area contributed by atoms with E-state index in [-0.39, 0.29) is 5.92 Å². The van der Waals surface area contributed by atoms with Crippen LogP contribution in [0.3, 0.4) is 0 Å². The van der Waals surface area contributed by atoms with Crippen LogP contribution in [0.1, 0.15) is 61.2 Å². The number of nitrogens with zero attached hydrogens (tertiary/aromatic N) is 2. The molecule has 0 radical (unpaired) electrons. The lowest BCUT2D eigenvalue weighted by atomic mass is 9.96. The first-order chi connectivity index (χ1) is 15.9. The smallest absolute Gasteiger partial charge is 0.122 e. The number of benzene rings is 3. The van der Waals surface area contributed by atoms with Gasteiger partial charge < -0.3 is 9.30 Å². The quantitative estimate of drug-likeness (QED) is 0.252. The van der Waals surface area contributed by atoms with Crippen LogP contribution in [-0.4, -0.2) is 16.2 Å². The van der Waals surface area contributed by atoms with Gasteiger partial charge in [-0.3, -0.25) is 0 Å². The van der Waals surface area contributed by atoms with E-state index in [9.17, 15) is 0 Å². The second kappa shape index (κ2) is 10.2. The number of hydrogen-bond acceptors (Lipinski definition) is 2. The van der Waals surface area contributed by atoms with Crippen LogP contribution in [-0.2, 0) is 13.0 Å². The van der Waals surface area contributed by atoms with Gasteiger partial charge in [0.15, 0.2) is 0 Å². The summed E-state index contributed by atoms with van der Waals surface area (Å²) in [7, 11) is 0. The third-order valence-electron chi connectivity index (χ3n) is 6.32. The highest BCUT2D eigenvalue weighted by Crippen LogP contribution is 2.28. The van der Waals surface area contributed by atoms with Gasteiger partial charge in [-0.2, -0.15) is 0 Å². The van der Waals surface area contributed by atoms with Gasteiger partial charge in [0.1, 0.15) is 11.6 Å². The van der Waals surface area contributed by atoms with Crippen molar-refractivity contribution in [3.05, 3.63) is 94.8 Å². The maximum atomic E-state index is 6.12. The summed E-state index contributed by atoms with van der Waals surface area (Å²) in [6, 6.07) is 23.9. The molecule has 4 aromatic rings. The highest BCUT2D eigenvalue weighted by Gasteiger charge is 2.18. The molecule has 0 aliphatic heterocycles. The van der Waals surface area contributed by atoms with E-state index in [4.69, 9.17) is 9.72 Å². The number of aryl methyl sites for hydroxylation is 3. The van der Waals surface area contributed by atoms with Gasteiger partial charge >= 0.3 is 0 Å². The Morgan fingerprint density at radius 3 is 2.42 bits per heavy atom. The summed E-state index contributed by atoms with van der Waals surface area (Å²) in [6.07, 6.45) is 2.05. The van der Waals surface area contributed by atoms with Gasteiger partial charge in [0.25, 0.3) is 0 Å². The average molecular weight is 441 g/mol. The molecule has 0 N–H and O–H groups in total. The van der Waals surface area contributed by atoms with Gasteiger partial charge in [0, 0.05) is 12.5 Å². The van der Waals surface area contributed by atoms with Crippen LogP contribution in [0.25, 0.3) is 11.0 Å². The second-order valence-electron chi connectivity index (χ2n) is 9.64. The number of fused-ring (bicyclic) bond motifs is 1. The third kappa shape index (κ3) is 5.47. The molecule has 1 aromatic heterocycles. The minimum absolute atomic E-state index is 0.227. The number of hydrogen-bond donors (Lipinski definition) is 0. The summed E-state index contributed by atoms with van der Waals surface area (Å²) < 4.78 is 8.51. The SMILES string of the molecule is Cc1ccc(C)c(OCCCn2c(C(C)c3ccc(CC(C)C)cc3)nc3ccccc32)c1. The van der Waals surface area contributed by atoms with Crippen LogP contribution in [0.15, 0.2) is 66.7 Å². The molecule has 0 saturated carbocycles. The average Bonchev–Trinajstić information content (AvgIpc) is 3.17. The van der Waals surface area contributed by atoms with E-state index >= 15 is 0 Å². The van der Waals surface area contributed by atoms with Crippen molar-refractivity contribution in [3.63, 3.8) is 0 Å². The third-order valence-corrected chi connectivity index (χ3v) is 6.32. The zero-order valence-corrected chi connectivity index (χ0v) is 20.6. The monoisotopic (exact) mass is 440 g/mol. The molecule has 0 amide bonds. The molecular formula is C30H36N2O. The van der Waals surface area contributed by atoms with Crippen LogP contribution < -0.4 is 4.74 Å². The standard InChI is InChI=1S/C30H36N2O/c1-21(2)19-25-13-15-26(16-14-25)24(5)30-31-27-9-6-7-10-28(27)32(30)17-8-18-33-29-20-22(3)11-12-23(29)4/h6-7,9-16,20-21,24H,8,17-19H2,1-5H3. The first-order valence-electron chi connectivity index (χ1n) is 12.2. The Hall–Kier alpha value is -3.07. The Labute approximate surface area is 198 Å². The van der Waals surface area contributed by atoms with E-state index in [0.29, 0.717) is 12.5 Å². The van der Waals surface area contributed by atoms with E-state index in [0.717, 1.165) is 36.5 Å². The van der Waals surface area contributed by atoms with Crippen molar-refractivity contribution < 1.29 is 4.74 Å². The van der Waals surface area contributed by atoms with Crippen molar-refractivity contribution in [1.29, 1.82) is 0 Å². The molecule has 1 unspecified atom stereocenters. The van der Waals surface area contributed by atoms with E-state index in [1.807, 2.05) is 0 Å². The zero-order chi connectivity index (χ0) is 23.4. The van der Waals surface area contributed by atoms with Crippen LogP contribution >= 0.6 is 0 Å². The molecular weight excluding hydrogens is 404 g/mol. The number of ether oxygens (including phenoxy) is 1. The topological polar surface area (TPSA) is 27.1 Å². The van der Waals surface area contributed by atoms with Gasteiger partial charge in [-0.1, -0.05) is 69.3 Å². The van der Waals surface area contributed by atoms with Gasteiger partial charge in [0.2, 0.25) is 0 Å². The minimum atomic E-state index is 0.227. The van der Waals surface area contributed by atoms with Gasteiger partial charge in [0.05, 0.1) is 17.6 Å². The number of imidazole rings is 1. The second-order valence-corrected chi connectivity index (χ2v) is 9.64. The Morgan fingerprint density at radius 2 is 1.67 bits per heavy atom. The van der Waals surface area contributed by atoms with Crippen LogP contribution in [0, 0.1) is 19.8 Å². The van der Waals surface area contributed by atoms with Gasteiger partial charge in [-0.25, -0.2) is 4.98 Å². The van der Waals surface area contributed by atoms with Crippen LogP contribution in [0.5, 0.6) is 5.75 Å². The molecule has 3 heteroatoms. The fraction of sp³-hybridized carbons (Fsp3) is 0.367. The van der Waals surface area contributed by atoms with E-state index < -0.39 is 0 Å². The Morgan fingerprint density at radius 1 is 0.909 bits per heavy atom. The summed E-state index contributed by atoms with van der Waals surface area (Å²) in [6.45, 7) is 12.6. The molecule has 0 spiro atoms. The molecule has 172 valence electrons. The number of aromatic nitrogens is 2. The molecule has 0 saturated heterocycles. The molecule has 3 nitrogen and oxygen atoms in total. The van der Waals surface area contributed by atoms with Gasteiger partial charge in [-0.15, -0.1) is 0 Å². The Bertz CT molecular complexity index is 1200. The van der Waals surface area contributed by atoms with Crippen molar-refractivity contribution in [1.82, 2.24) is 9.55 Å². The largest absolute Gasteiger partial charge is 0.493 e. The summed E-state index contributed by atoms with van der Waals surface area (Å²) in [5.41, 5.74) is 7.38. The minimum Gasteiger partial charge on any atom is -0.493 e. The van der Waals surface area contributed by atoms with Crippen LogP contribution in [0.2, 0.25) is 0 Å². The Kier molecular flexibility index (Phi) is 7.17. The lowest BCUT2D eigenvalue weighted by Crippen LogP contribution is -2.11. The lowest BCUT2D eigenvalue weighted by molar-refractivity contribution is 0.299. The predicted molar refractivity (Wildman–Crippen MR) is 138 cm³/mol. The van der Waals surface area contributed by atoms with Crippen LogP contribution in [0.4, 0.5) is 0 Å². The Balaban J connectivity index is 1.52. The first kappa shape index (κ1) is 23.1.